The average Bonchev–Trinajstić information content (AvgIpc) is 2.98. The van der Waals surface area contributed by atoms with E-state index in [9.17, 15) is 9.59 Å². The number of pyridine rings is 1. The lowest BCUT2D eigenvalue weighted by Crippen LogP contribution is -2.26. The Morgan fingerprint density at radius 2 is 1.96 bits per heavy atom. The number of fused-ring (bicyclic) bond motifs is 1. The van der Waals surface area contributed by atoms with Crippen LogP contribution < -0.4 is 5.32 Å². The highest BCUT2D eigenvalue weighted by molar-refractivity contribution is 5.92. The molecule has 2 aromatic heterocycles. The molecule has 0 atom stereocenters. The van der Waals surface area contributed by atoms with Gasteiger partial charge in [0.1, 0.15) is 18.1 Å². The fourth-order valence-electron chi connectivity index (χ4n) is 2.52. The molecule has 0 bridgehead atoms. The molecule has 25 heavy (non-hydrogen) atoms. The standard InChI is InChI=1S/C18H18N4O3/c1-2-25-17(23)12-22-15-9-4-3-7-13(15)21-16(22)11-20-18(24)14-8-5-6-10-19-14/h3-10H,2,11-12H2,1H3,(H,20,24). The van der Waals surface area contributed by atoms with Gasteiger partial charge in [-0.2, -0.15) is 0 Å². The molecule has 0 aliphatic heterocycles. The Kier molecular flexibility index (Phi) is 5.03. The first-order valence-electron chi connectivity index (χ1n) is 7.98. The summed E-state index contributed by atoms with van der Waals surface area (Å²) in [6.07, 6.45) is 1.56. The summed E-state index contributed by atoms with van der Waals surface area (Å²) in [5.41, 5.74) is 1.90. The maximum absolute atomic E-state index is 12.2. The van der Waals surface area contributed by atoms with Gasteiger partial charge in [0.25, 0.3) is 5.91 Å². The molecule has 1 N–H and O–H groups in total. The molecule has 0 fully saturated rings. The van der Waals surface area contributed by atoms with Crippen LogP contribution in [0.5, 0.6) is 0 Å². The Hall–Kier alpha value is -3.22. The summed E-state index contributed by atoms with van der Waals surface area (Å²) >= 11 is 0. The lowest BCUT2D eigenvalue weighted by molar-refractivity contribution is -0.143. The van der Waals surface area contributed by atoms with Gasteiger partial charge in [-0.1, -0.05) is 18.2 Å². The number of hydrogen-bond acceptors (Lipinski definition) is 5. The highest BCUT2D eigenvalue weighted by Crippen LogP contribution is 2.16. The second-order valence-corrected chi connectivity index (χ2v) is 5.31. The van der Waals surface area contributed by atoms with Crippen molar-refractivity contribution < 1.29 is 14.3 Å². The maximum Gasteiger partial charge on any atom is 0.326 e. The van der Waals surface area contributed by atoms with Gasteiger partial charge in [0.15, 0.2) is 0 Å². The van der Waals surface area contributed by atoms with Gasteiger partial charge in [-0.15, -0.1) is 0 Å². The van der Waals surface area contributed by atoms with Gasteiger partial charge >= 0.3 is 5.97 Å². The van der Waals surface area contributed by atoms with Crippen LogP contribution in [-0.4, -0.2) is 33.0 Å². The zero-order valence-corrected chi connectivity index (χ0v) is 13.8. The van der Waals surface area contributed by atoms with E-state index in [0.29, 0.717) is 18.1 Å². The van der Waals surface area contributed by atoms with E-state index in [0.717, 1.165) is 11.0 Å². The second kappa shape index (κ2) is 7.57. The molecule has 3 aromatic rings. The van der Waals surface area contributed by atoms with Crippen molar-refractivity contribution in [3.05, 3.63) is 60.2 Å². The molecule has 0 spiro atoms. The van der Waals surface area contributed by atoms with Crippen LogP contribution in [0.3, 0.4) is 0 Å². The molecule has 0 radical (unpaired) electrons. The summed E-state index contributed by atoms with van der Waals surface area (Å²) < 4.78 is 6.79. The van der Waals surface area contributed by atoms with Gasteiger partial charge in [0.05, 0.1) is 24.2 Å². The molecular formula is C18H18N4O3. The van der Waals surface area contributed by atoms with Crippen molar-refractivity contribution in [2.75, 3.05) is 6.61 Å². The van der Waals surface area contributed by atoms with Crippen LogP contribution in [-0.2, 0) is 22.6 Å². The third kappa shape index (κ3) is 3.82. The SMILES string of the molecule is CCOC(=O)Cn1c(CNC(=O)c2ccccn2)nc2ccccc21. The maximum atomic E-state index is 12.2. The van der Waals surface area contributed by atoms with Crippen LogP contribution in [0.1, 0.15) is 23.2 Å². The van der Waals surface area contributed by atoms with E-state index in [1.807, 2.05) is 24.3 Å². The molecule has 0 saturated carbocycles. The van der Waals surface area contributed by atoms with Crippen molar-refractivity contribution in [3.8, 4) is 0 Å². The Labute approximate surface area is 144 Å². The van der Waals surface area contributed by atoms with E-state index in [2.05, 4.69) is 15.3 Å². The number of ether oxygens (including phenoxy) is 1. The highest BCUT2D eigenvalue weighted by atomic mass is 16.5. The molecule has 7 nitrogen and oxygen atoms in total. The molecule has 0 saturated heterocycles. The number of carbonyl (C=O) groups excluding carboxylic acids is 2. The van der Waals surface area contributed by atoms with Crippen molar-refractivity contribution in [1.29, 1.82) is 0 Å². The van der Waals surface area contributed by atoms with E-state index in [1.165, 1.54) is 0 Å². The van der Waals surface area contributed by atoms with Gasteiger partial charge in [-0.25, -0.2) is 4.98 Å². The summed E-state index contributed by atoms with van der Waals surface area (Å²) in [5.74, 6) is -0.0585. The quantitative estimate of drug-likeness (QED) is 0.694. The largest absolute Gasteiger partial charge is 0.465 e. The molecule has 128 valence electrons. The van der Waals surface area contributed by atoms with E-state index in [4.69, 9.17) is 4.74 Å². The summed E-state index contributed by atoms with van der Waals surface area (Å²) in [5, 5.41) is 2.78. The Morgan fingerprint density at radius 3 is 2.72 bits per heavy atom. The van der Waals surface area contributed by atoms with Crippen LogP contribution in [0, 0.1) is 0 Å². The monoisotopic (exact) mass is 338 g/mol. The fraction of sp³-hybridized carbons (Fsp3) is 0.222. The molecule has 0 aliphatic rings. The molecule has 2 heterocycles. The van der Waals surface area contributed by atoms with E-state index in [-0.39, 0.29) is 25.0 Å². The zero-order chi connectivity index (χ0) is 17.6. The predicted octanol–water partition coefficient (Wildman–Crippen LogP) is 1.92. The summed E-state index contributed by atoms with van der Waals surface area (Å²) in [4.78, 5) is 32.6. The number of amides is 1. The first-order chi connectivity index (χ1) is 12.2. The number of benzene rings is 1. The van der Waals surface area contributed by atoms with Crippen molar-refractivity contribution >= 4 is 22.9 Å². The predicted molar refractivity (Wildman–Crippen MR) is 91.8 cm³/mol. The van der Waals surface area contributed by atoms with E-state index < -0.39 is 0 Å². The number of rotatable bonds is 6. The Morgan fingerprint density at radius 1 is 1.16 bits per heavy atom. The molecule has 3 rings (SSSR count). The number of nitrogens with zero attached hydrogens (tertiary/aromatic N) is 3. The van der Waals surface area contributed by atoms with Gasteiger partial charge in [-0.3, -0.25) is 14.6 Å². The van der Waals surface area contributed by atoms with Crippen molar-refractivity contribution in [3.63, 3.8) is 0 Å². The van der Waals surface area contributed by atoms with Gasteiger partial charge in [0.2, 0.25) is 0 Å². The summed E-state index contributed by atoms with van der Waals surface area (Å²) in [6, 6.07) is 12.6. The third-order valence-corrected chi connectivity index (χ3v) is 3.63. The molecule has 0 unspecified atom stereocenters. The molecule has 1 amide bonds. The number of hydrogen-bond donors (Lipinski definition) is 1. The highest BCUT2D eigenvalue weighted by Gasteiger charge is 2.15. The minimum Gasteiger partial charge on any atom is -0.465 e. The first kappa shape index (κ1) is 16.6. The average molecular weight is 338 g/mol. The number of carbonyl (C=O) groups is 2. The fourth-order valence-corrected chi connectivity index (χ4v) is 2.52. The Bertz CT molecular complexity index is 890. The number of esters is 1. The minimum absolute atomic E-state index is 0.0448. The van der Waals surface area contributed by atoms with Crippen LogP contribution in [0.15, 0.2) is 48.7 Å². The number of para-hydroxylation sites is 2. The number of imidazole rings is 1. The zero-order valence-electron chi connectivity index (χ0n) is 13.8. The lowest BCUT2D eigenvalue weighted by atomic mass is 10.3. The minimum atomic E-state index is -0.344. The smallest absolute Gasteiger partial charge is 0.326 e. The first-order valence-corrected chi connectivity index (χ1v) is 7.98. The van der Waals surface area contributed by atoms with Gasteiger partial charge in [-0.05, 0) is 31.2 Å². The van der Waals surface area contributed by atoms with Crippen LogP contribution >= 0.6 is 0 Å². The van der Waals surface area contributed by atoms with E-state index >= 15 is 0 Å². The Balaban J connectivity index is 1.82. The number of nitrogens with one attached hydrogen (secondary N) is 1. The molecule has 7 heteroatoms. The van der Waals surface area contributed by atoms with Gasteiger partial charge in [0, 0.05) is 6.20 Å². The molecule has 0 aliphatic carbocycles. The van der Waals surface area contributed by atoms with Crippen molar-refractivity contribution in [2.45, 2.75) is 20.0 Å². The second-order valence-electron chi connectivity index (χ2n) is 5.31. The van der Waals surface area contributed by atoms with Crippen LogP contribution in [0.25, 0.3) is 11.0 Å². The molecular weight excluding hydrogens is 320 g/mol. The summed E-state index contributed by atoms with van der Waals surface area (Å²) in [6.45, 7) is 2.31. The third-order valence-electron chi connectivity index (χ3n) is 3.63. The van der Waals surface area contributed by atoms with Crippen molar-refractivity contribution in [1.82, 2.24) is 19.9 Å². The normalized spacial score (nSPS) is 10.6. The topological polar surface area (TPSA) is 86.1 Å². The summed E-state index contributed by atoms with van der Waals surface area (Å²) in [7, 11) is 0. The van der Waals surface area contributed by atoms with Crippen LogP contribution in [0.4, 0.5) is 0 Å². The van der Waals surface area contributed by atoms with Crippen molar-refractivity contribution in [2.24, 2.45) is 0 Å². The van der Waals surface area contributed by atoms with Crippen LogP contribution in [0.2, 0.25) is 0 Å². The van der Waals surface area contributed by atoms with E-state index in [1.54, 1.807) is 35.9 Å². The molecule has 1 aromatic carbocycles. The lowest BCUT2D eigenvalue weighted by Gasteiger charge is -2.09. The van der Waals surface area contributed by atoms with Gasteiger partial charge < -0.3 is 14.6 Å². The number of aromatic nitrogens is 3.